The molecule has 0 radical (unpaired) electrons. The molecule has 8 nitrogen and oxygen atoms in total. The molecule has 0 aliphatic carbocycles. The van der Waals surface area contributed by atoms with Gasteiger partial charge in [-0.25, -0.2) is 22.5 Å². The van der Waals surface area contributed by atoms with Crippen LogP contribution >= 0.6 is 11.6 Å². The van der Waals surface area contributed by atoms with Crippen molar-refractivity contribution < 1.29 is 37.0 Å². The van der Waals surface area contributed by atoms with Crippen molar-refractivity contribution >= 4 is 35.5 Å². The molecule has 1 amide bonds. The molecule has 1 unspecified atom stereocenters. The van der Waals surface area contributed by atoms with Gasteiger partial charge in [-0.15, -0.1) is 0 Å². The zero-order valence-corrected chi connectivity index (χ0v) is 17.2. The summed E-state index contributed by atoms with van der Waals surface area (Å²) in [5, 5.41) is 9.01. The molecule has 2 heterocycles. The van der Waals surface area contributed by atoms with Gasteiger partial charge in [0.2, 0.25) is 0 Å². The molecule has 1 aromatic heterocycles. The molecule has 0 bridgehead atoms. The van der Waals surface area contributed by atoms with Crippen molar-refractivity contribution in [2.45, 2.75) is 18.4 Å². The fraction of sp³-hybridized carbons (Fsp3) is 0.263. The summed E-state index contributed by atoms with van der Waals surface area (Å²) in [4.78, 5) is 28.1. The summed E-state index contributed by atoms with van der Waals surface area (Å²) in [6.45, 7) is -0.562. The predicted molar refractivity (Wildman–Crippen MR) is 107 cm³/mol. The lowest BCUT2D eigenvalue weighted by Gasteiger charge is -2.33. The first-order chi connectivity index (χ1) is 14.9. The van der Waals surface area contributed by atoms with Crippen LogP contribution in [0.5, 0.6) is 0 Å². The van der Waals surface area contributed by atoms with Crippen molar-refractivity contribution in [2.24, 2.45) is 10.7 Å². The van der Waals surface area contributed by atoms with E-state index in [0.29, 0.717) is 0 Å². The molecule has 0 fully saturated rings. The Labute approximate surface area is 184 Å². The highest BCUT2D eigenvalue weighted by atomic mass is 35.5. The fourth-order valence-corrected chi connectivity index (χ4v) is 3.07. The number of anilines is 1. The summed E-state index contributed by atoms with van der Waals surface area (Å²) in [6, 6.07) is 3.98. The maximum Gasteiger partial charge on any atom is 0.299 e. The molecule has 0 saturated heterocycles. The molecule has 1 aliphatic rings. The van der Waals surface area contributed by atoms with Crippen molar-refractivity contribution in [1.82, 2.24) is 4.98 Å². The van der Waals surface area contributed by atoms with Gasteiger partial charge < -0.3 is 20.9 Å². The van der Waals surface area contributed by atoms with Crippen LogP contribution in [0.1, 0.15) is 23.0 Å². The molecule has 13 heteroatoms. The quantitative estimate of drug-likeness (QED) is 0.461. The van der Waals surface area contributed by atoms with Gasteiger partial charge in [0.15, 0.2) is 5.54 Å². The SMILES string of the molecule is CC1(c2cc(NC(=O)c3ncc(F)cc3Cl)ccc2F)N=C(N)COCC1(F)F.O=CO. The van der Waals surface area contributed by atoms with E-state index in [1.807, 2.05) is 0 Å². The minimum absolute atomic E-state index is 0.0236. The normalized spacial score (nSPS) is 19.6. The molecule has 172 valence electrons. The first-order valence-electron chi connectivity index (χ1n) is 8.75. The van der Waals surface area contributed by atoms with E-state index in [9.17, 15) is 22.4 Å². The van der Waals surface area contributed by atoms with Crippen molar-refractivity contribution in [1.29, 1.82) is 0 Å². The van der Waals surface area contributed by atoms with E-state index in [1.54, 1.807) is 0 Å². The molecule has 3 rings (SSSR count). The Balaban J connectivity index is 0.00000114. The second-order valence-electron chi connectivity index (χ2n) is 6.61. The fourth-order valence-electron chi connectivity index (χ4n) is 2.83. The summed E-state index contributed by atoms with van der Waals surface area (Å²) < 4.78 is 61.8. The Morgan fingerprint density at radius 1 is 1.34 bits per heavy atom. The standard InChI is InChI=1S/C18H15ClF4N4O2.CH2O2/c1-17(18(22,23)8-29-7-14(24)27-17)11-5-10(2-3-13(11)21)26-16(28)15-12(19)4-9(20)6-25-15;2-1-3/h2-6H,7-8H2,1H3,(H2,24,27)(H,26,28);1H,(H,2,3). The summed E-state index contributed by atoms with van der Waals surface area (Å²) in [5.74, 6) is -6.35. The number of hydrogen-bond acceptors (Lipinski definition) is 6. The van der Waals surface area contributed by atoms with E-state index >= 15 is 0 Å². The Morgan fingerprint density at radius 2 is 2.00 bits per heavy atom. The van der Waals surface area contributed by atoms with E-state index in [2.05, 4.69) is 15.3 Å². The Kier molecular flexibility index (Phi) is 7.75. The number of carboxylic acid groups (broad SMARTS) is 1. The van der Waals surface area contributed by atoms with Gasteiger partial charge in [-0.05, 0) is 31.2 Å². The maximum absolute atomic E-state index is 14.7. The van der Waals surface area contributed by atoms with Crippen LogP contribution < -0.4 is 11.1 Å². The van der Waals surface area contributed by atoms with Gasteiger partial charge in [-0.1, -0.05) is 11.6 Å². The molecular weight excluding hydrogens is 460 g/mol. The van der Waals surface area contributed by atoms with E-state index in [4.69, 9.17) is 32.0 Å². The number of nitrogens with zero attached hydrogens (tertiary/aromatic N) is 2. The van der Waals surface area contributed by atoms with Crippen molar-refractivity contribution in [2.75, 3.05) is 18.5 Å². The van der Waals surface area contributed by atoms with Crippen LogP contribution in [0.15, 0.2) is 35.5 Å². The molecule has 1 aliphatic heterocycles. The van der Waals surface area contributed by atoms with Crippen LogP contribution in [0.3, 0.4) is 0 Å². The lowest BCUT2D eigenvalue weighted by atomic mass is 9.85. The molecular formula is C19H17ClF4N4O4. The van der Waals surface area contributed by atoms with Gasteiger partial charge in [0, 0.05) is 11.3 Å². The number of amides is 1. The van der Waals surface area contributed by atoms with Crippen LogP contribution in [-0.4, -0.2) is 47.4 Å². The zero-order valence-electron chi connectivity index (χ0n) is 16.4. The van der Waals surface area contributed by atoms with E-state index in [-0.39, 0.29) is 35.3 Å². The van der Waals surface area contributed by atoms with E-state index in [0.717, 1.165) is 37.4 Å². The monoisotopic (exact) mass is 476 g/mol. The number of benzene rings is 1. The number of carbonyl (C=O) groups is 2. The summed E-state index contributed by atoms with van der Waals surface area (Å²) in [5.41, 5.74) is 2.41. The zero-order chi connectivity index (χ0) is 24.1. The first kappa shape index (κ1) is 25.0. The number of alkyl halides is 2. The number of hydrogen-bond donors (Lipinski definition) is 3. The minimum Gasteiger partial charge on any atom is -0.483 e. The van der Waals surface area contributed by atoms with Gasteiger partial charge in [0.25, 0.3) is 18.3 Å². The number of aliphatic imine (C=N–C) groups is 1. The number of nitrogens with one attached hydrogen (secondary N) is 1. The van der Waals surface area contributed by atoms with Crippen LogP contribution in [0.25, 0.3) is 0 Å². The third-order valence-electron chi connectivity index (χ3n) is 4.38. The van der Waals surface area contributed by atoms with Crippen LogP contribution in [0, 0.1) is 11.6 Å². The summed E-state index contributed by atoms with van der Waals surface area (Å²) in [7, 11) is 0. The number of ether oxygens (including phenoxy) is 1. The van der Waals surface area contributed by atoms with Crippen LogP contribution in [-0.2, 0) is 15.1 Å². The number of pyridine rings is 1. The highest BCUT2D eigenvalue weighted by molar-refractivity contribution is 6.34. The molecule has 32 heavy (non-hydrogen) atoms. The Hall–Kier alpha value is -3.25. The van der Waals surface area contributed by atoms with E-state index in [1.165, 1.54) is 0 Å². The van der Waals surface area contributed by atoms with Crippen LogP contribution in [0.4, 0.5) is 23.2 Å². The maximum atomic E-state index is 14.7. The summed E-state index contributed by atoms with van der Waals surface area (Å²) in [6.07, 6.45) is 0.793. The highest BCUT2D eigenvalue weighted by Crippen LogP contribution is 2.44. The number of aromatic nitrogens is 1. The molecule has 0 spiro atoms. The number of amidine groups is 1. The molecule has 0 saturated carbocycles. The third kappa shape index (κ3) is 5.32. The predicted octanol–water partition coefficient (Wildman–Crippen LogP) is 3.20. The molecule has 1 aromatic carbocycles. The number of carbonyl (C=O) groups excluding carboxylic acids is 1. The van der Waals surface area contributed by atoms with Crippen LogP contribution in [0.2, 0.25) is 5.02 Å². The van der Waals surface area contributed by atoms with Crippen molar-refractivity contribution in [3.8, 4) is 0 Å². The first-order valence-corrected chi connectivity index (χ1v) is 9.13. The van der Waals surface area contributed by atoms with Gasteiger partial charge in [-0.3, -0.25) is 14.6 Å². The number of halogens is 5. The van der Waals surface area contributed by atoms with E-state index < -0.39 is 41.2 Å². The molecule has 2 aromatic rings. The second-order valence-corrected chi connectivity index (χ2v) is 7.02. The second kappa shape index (κ2) is 9.92. The molecule has 1 atom stereocenters. The lowest BCUT2D eigenvalue weighted by molar-refractivity contribution is -0.122. The highest BCUT2D eigenvalue weighted by Gasteiger charge is 2.54. The summed E-state index contributed by atoms with van der Waals surface area (Å²) >= 11 is 5.79. The Bertz CT molecular complexity index is 1050. The lowest BCUT2D eigenvalue weighted by Crippen LogP contribution is -2.45. The smallest absolute Gasteiger partial charge is 0.299 e. The van der Waals surface area contributed by atoms with Crippen molar-refractivity contribution in [3.05, 3.63) is 58.4 Å². The average molecular weight is 477 g/mol. The molecule has 4 N–H and O–H groups in total. The van der Waals surface area contributed by atoms with Gasteiger partial charge in [0.05, 0.1) is 11.2 Å². The largest absolute Gasteiger partial charge is 0.483 e. The topological polar surface area (TPSA) is 127 Å². The minimum atomic E-state index is -3.58. The number of rotatable bonds is 3. The third-order valence-corrected chi connectivity index (χ3v) is 4.67. The van der Waals surface area contributed by atoms with Gasteiger partial charge >= 0.3 is 0 Å². The average Bonchev–Trinajstić information content (AvgIpc) is 2.79. The van der Waals surface area contributed by atoms with Gasteiger partial charge in [-0.2, -0.15) is 0 Å². The number of nitrogens with two attached hydrogens (primary N) is 1. The Morgan fingerprint density at radius 3 is 2.62 bits per heavy atom. The van der Waals surface area contributed by atoms with Crippen molar-refractivity contribution in [3.63, 3.8) is 0 Å². The van der Waals surface area contributed by atoms with Gasteiger partial charge in [0.1, 0.15) is 36.4 Å².